The maximum Gasteiger partial charge on any atom is 0.305 e. The number of fused-ring (bicyclic) bond motifs is 8. The summed E-state index contributed by atoms with van der Waals surface area (Å²) in [6.45, 7) is 11.6. The summed E-state index contributed by atoms with van der Waals surface area (Å²) in [5.74, 6) is -0.455. The minimum atomic E-state index is -1.65. The third-order valence-corrected chi connectivity index (χ3v) is 10.6. The summed E-state index contributed by atoms with van der Waals surface area (Å²) in [5, 5.41) is 23.8. The largest absolute Gasteiger partial charge is 0.469 e. The zero-order valence-corrected chi connectivity index (χ0v) is 26.6. The third kappa shape index (κ3) is 4.19. The minimum absolute atomic E-state index is 0.0742. The SMILES string of the molecule is CCc1c(C)c2[nH]c1cc1nc(cc3[nH]c4c(c5nc(c2C=O)[C@@H](C)[C@@H]5CCC(=O)OC)CCc4c3C)C(O)(CC)C1(C)O. The van der Waals surface area contributed by atoms with Crippen LogP contribution >= 0.6 is 0 Å². The molecule has 232 valence electrons. The van der Waals surface area contributed by atoms with Gasteiger partial charge in [-0.05, 0) is 92.8 Å². The summed E-state index contributed by atoms with van der Waals surface area (Å²) in [7, 11) is 1.40. The zero-order chi connectivity index (χ0) is 31.7. The molecule has 2 unspecified atom stereocenters. The molecule has 9 heteroatoms. The number of aromatic nitrogens is 4. The highest BCUT2D eigenvalue weighted by molar-refractivity contribution is 5.91. The van der Waals surface area contributed by atoms with Crippen LogP contribution in [0.3, 0.4) is 0 Å². The topological polar surface area (TPSA) is 141 Å². The monoisotopic (exact) mass is 598 g/mol. The van der Waals surface area contributed by atoms with Crippen molar-refractivity contribution in [3.05, 3.63) is 68.3 Å². The molecular formula is C35H42N4O5. The molecule has 0 amide bonds. The van der Waals surface area contributed by atoms with Crippen molar-refractivity contribution in [1.82, 2.24) is 19.9 Å². The molecule has 3 aromatic heterocycles. The first kappa shape index (κ1) is 30.2. The number of rotatable bonds is 6. The van der Waals surface area contributed by atoms with E-state index < -0.39 is 11.2 Å². The van der Waals surface area contributed by atoms with Gasteiger partial charge in [-0.1, -0.05) is 20.8 Å². The summed E-state index contributed by atoms with van der Waals surface area (Å²) in [6.07, 6.45) is 4.24. The molecule has 9 nitrogen and oxygen atoms in total. The van der Waals surface area contributed by atoms with Crippen LogP contribution in [0.25, 0.3) is 22.1 Å². The van der Waals surface area contributed by atoms with Gasteiger partial charge in [0.05, 0.1) is 35.3 Å². The predicted molar refractivity (Wildman–Crippen MR) is 169 cm³/mol. The molecule has 4 N–H and O–H groups in total. The molecule has 3 aromatic rings. The summed E-state index contributed by atoms with van der Waals surface area (Å²) in [5.41, 5.74) is 8.10. The maximum absolute atomic E-state index is 12.9. The molecule has 5 heterocycles. The number of hydrogen-bond donors (Lipinski definition) is 4. The van der Waals surface area contributed by atoms with Crippen LogP contribution in [0, 0.1) is 13.8 Å². The van der Waals surface area contributed by atoms with E-state index >= 15 is 0 Å². The van der Waals surface area contributed by atoms with Crippen molar-refractivity contribution < 1.29 is 24.5 Å². The number of hydrogen-bond acceptors (Lipinski definition) is 7. The Balaban J connectivity index is 1.79. The number of aliphatic hydroxyl groups is 2. The highest BCUT2D eigenvalue weighted by atomic mass is 16.5. The van der Waals surface area contributed by atoms with Gasteiger partial charge in [-0.2, -0.15) is 0 Å². The van der Waals surface area contributed by atoms with E-state index in [0.717, 1.165) is 63.6 Å². The van der Waals surface area contributed by atoms with Crippen molar-refractivity contribution in [2.75, 3.05) is 7.11 Å². The molecule has 0 saturated carbocycles. The molecule has 3 aliphatic rings. The third-order valence-electron chi connectivity index (χ3n) is 10.6. The van der Waals surface area contributed by atoms with Crippen LogP contribution in [0.5, 0.6) is 0 Å². The molecular weight excluding hydrogens is 556 g/mol. The Kier molecular flexibility index (Phi) is 7.32. The number of nitrogens with one attached hydrogen (secondary N) is 2. The van der Waals surface area contributed by atoms with Crippen molar-refractivity contribution in [1.29, 1.82) is 0 Å². The van der Waals surface area contributed by atoms with Gasteiger partial charge in [0.15, 0.2) is 6.29 Å². The lowest BCUT2D eigenvalue weighted by Gasteiger charge is -2.34. The second-order valence-electron chi connectivity index (χ2n) is 12.7. The Morgan fingerprint density at radius 2 is 1.70 bits per heavy atom. The number of carbonyl (C=O) groups excluding carboxylic acids is 2. The fourth-order valence-corrected chi connectivity index (χ4v) is 7.77. The van der Waals surface area contributed by atoms with Crippen LogP contribution in [0.4, 0.5) is 0 Å². The molecule has 0 aromatic carbocycles. The number of aromatic amines is 2. The Bertz CT molecular complexity index is 1870. The second-order valence-corrected chi connectivity index (χ2v) is 12.7. The molecule has 0 spiro atoms. The smallest absolute Gasteiger partial charge is 0.305 e. The Labute approximate surface area is 257 Å². The normalized spacial score (nSPS) is 24.1. The van der Waals surface area contributed by atoms with E-state index in [0.29, 0.717) is 41.0 Å². The van der Waals surface area contributed by atoms with E-state index in [4.69, 9.17) is 14.7 Å². The second kappa shape index (κ2) is 10.7. The van der Waals surface area contributed by atoms with Crippen LogP contribution in [0.1, 0.15) is 120 Å². The van der Waals surface area contributed by atoms with Gasteiger partial charge >= 0.3 is 5.97 Å². The van der Waals surface area contributed by atoms with E-state index in [1.807, 2.05) is 26.8 Å². The summed E-state index contributed by atoms with van der Waals surface area (Å²) in [4.78, 5) is 42.3. The van der Waals surface area contributed by atoms with Crippen LogP contribution < -0.4 is 0 Å². The van der Waals surface area contributed by atoms with Crippen LogP contribution in [0.2, 0.25) is 0 Å². The average Bonchev–Trinajstić information content (AvgIpc) is 3.76. The molecule has 8 bridgehead atoms. The summed E-state index contributed by atoms with van der Waals surface area (Å²) in [6, 6.07) is 3.67. The zero-order valence-electron chi connectivity index (χ0n) is 26.6. The lowest BCUT2D eigenvalue weighted by molar-refractivity contribution is -0.148. The Hall–Kier alpha value is -3.82. The van der Waals surface area contributed by atoms with Gasteiger partial charge in [0.25, 0.3) is 0 Å². The summed E-state index contributed by atoms with van der Waals surface area (Å²) >= 11 is 0. The fourth-order valence-electron chi connectivity index (χ4n) is 7.77. The van der Waals surface area contributed by atoms with E-state index in [1.54, 1.807) is 13.0 Å². The van der Waals surface area contributed by atoms with Crippen molar-refractivity contribution in [3.63, 3.8) is 0 Å². The van der Waals surface area contributed by atoms with Crippen LogP contribution in [-0.4, -0.2) is 49.5 Å². The first-order valence-electron chi connectivity index (χ1n) is 15.7. The van der Waals surface area contributed by atoms with Crippen molar-refractivity contribution >= 4 is 34.3 Å². The number of aldehydes is 1. The van der Waals surface area contributed by atoms with Crippen molar-refractivity contribution in [2.45, 2.75) is 103 Å². The maximum atomic E-state index is 12.9. The number of ether oxygens (including phenoxy) is 1. The van der Waals surface area contributed by atoms with Gasteiger partial charge in [-0.15, -0.1) is 0 Å². The van der Waals surface area contributed by atoms with E-state index in [9.17, 15) is 19.8 Å². The lowest BCUT2D eigenvalue weighted by atomic mass is 9.80. The van der Waals surface area contributed by atoms with E-state index in [-0.39, 0.29) is 30.6 Å². The van der Waals surface area contributed by atoms with Gasteiger partial charge < -0.3 is 24.9 Å². The van der Waals surface area contributed by atoms with Gasteiger partial charge in [-0.3, -0.25) is 19.6 Å². The molecule has 6 rings (SSSR count). The van der Waals surface area contributed by atoms with Gasteiger partial charge in [0, 0.05) is 40.5 Å². The van der Waals surface area contributed by atoms with Gasteiger partial charge in [-0.25, -0.2) is 0 Å². The lowest BCUT2D eigenvalue weighted by Crippen LogP contribution is -2.43. The standard InChI is InChI=1S/C35H42N4O5/c1-8-20-18(4)30-24(16-40)31-19(5)22(12-13-29(41)44-7)33(39-31)23-11-10-21-17(3)25(36-32(21)23)14-28-35(43,9-2)34(6,42)27(38-28)15-26(20)37-30/h14-16,19,22,36-37,42-43H,8-13H2,1-7H3/t19-,22-,34?,35?/m0/s1. The first-order chi connectivity index (χ1) is 20.9. The predicted octanol–water partition coefficient (Wildman–Crippen LogP) is 5.75. The Morgan fingerprint density at radius 1 is 1.02 bits per heavy atom. The number of esters is 1. The van der Waals surface area contributed by atoms with Gasteiger partial charge in [0.1, 0.15) is 11.2 Å². The van der Waals surface area contributed by atoms with Crippen molar-refractivity contribution in [3.8, 4) is 0 Å². The quantitative estimate of drug-likeness (QED) is 0.209. The molecule has 1 aliphatic carbocycles. The van der Waals surface area contributed by atoms with Crippen LogP contribution in [-0.2, 0) is 40.0 Å². The molecule has 0 radical (unpaired) electrons. The Morgan fingerprint density at radius 3 is 2.36 bits per heavy atom. The van der Waals surface area contributed by atoms with E-state index in [1.165, 1.54) is 12.7 Å². The number of aryl methyl sites for hydroxylation is 5. The molecule has 2 aliphatic heterocycles. The summed E-state index contributed by atoms with van der Waals surface area (Å²) < 4.78 is 4.98. The molecule has 4 atom stereocenters. The highest BCUT2D eigenvalue weighted by Gasteiger charge is 2.53. The van der Waals surface area contributed by atoms with Crippen LogP contribution in [0.15, 0.2) is 12.1 Å². The van der Waals surface area contributed by atoms with E-state index in [2.05, 4.69) is 23.8 Å². The fraction of sp³-hybridized carbons (Fsp3) is 0.486. The van der Waals surface area contributed by atoms with Gasteiger partial charge in [0.2, 0.25) is 0 Å². The number of H-pyrrole nitrogens is 2. The van der Waals surface area contributed by atoms with Crippen molar-refractivity contribution in [2.24, 2.45) is 0 Å². The molecule has 0 saturated heterocycles. The number of carbonyl (C=O) groups is 2. The number of methoxy groups -OCH3 is 1. The number of nitrogens with zero attached hydrogens (tertiary/aromatic N) is 2. The molecule has 44 heavy (non-hydrogen) atoms. The first-order valence-corrected chi connectivity index (χ1v) is 15.7. The molecule has 0 fully saturated rings. The highest BCUT2D eigenvalue weighted by Crippen LogP contribution is 2.48. The average molecular weight is 599 g/mol. The minimum Gasteiger partial charge on any atom is -0.469 e.